The lowest BCUT2D eigenvalue weighted by molar-refractivity contribution is -0.133. The van der Waals surface area contributed by atoms with Gasteiger partial charge in [-0.1, -0.05) is 40.0 Å². The molecular weight excluding hydrogens is 396 g/mol. The van der Waals surface area contributed by atoms with Crippen molar-refractivity contribution in [2.75, 3.05) is 19.8 Å². The summed E-state index contributed by atoms with van der Waals surface area (Å²) in [6, 6.07) is 0. The van der Waals surface area contributed by atoms with E-state index in [1.54, 1.807) is 20.8 Å². The first-order valence-electron chi connectivity index (χ1n) is 9.08. The molecule has 0 unspecified atom stereocenters. The Balaban J connectivity index is -0.0000000424. The Labute approximate surface area is 181 Å². The van der Waals surface area contributed by atoms with Gasteiger partial charge in [0.25, 0.3) is 0 Å². The number of hydrogen-bond donors (Lipinski definition) is 6. The molecule has 0 aromatic heterocycles. The van der Waals surface area contributed by atoms with E-state index >= 15 is 0 Å². The maximum Gasteiger partial charge on any atom is 0.330 e. The summed E-state index contributed by atoms with van der Waals surface area (Å²) in [5, 5.41) is 46.4. The van der Waals surface area contributed by atoms with Crippen LogP contribution in [-0.4, -0.2) is 68.4 Å². The van der Waals surface area contributed by atoms with Crippen molar-refractivity contribution >= 4 is 17.9 Å². The van der Waals surface area contributed by atoms with Gasteiger partial charge in [-0.15, -0.1) is 0 Å². The maximum atomic E-state index is 9.60. The fourth-order valence-corrected chi connectivity index (χ4v) is 0. The summed E-state index contributed by atoms with van der Waals surface area (Å²) >= 11 is 0. The second-order valence-corrected chi connectivity index (χ2v) is 4.91. The van der Waals surface area contributed by atoms with Gasteiger partial charge in [0.1, 0.15) is 0 Å². The van der Waals surface area contributed by atoms with Crippen molar-refractivity contribution in [3.8, 4) is 0 Å². The van der Waals surface area contributed by atoms with Crippen molar-refractivity contribution in [2.24, 2.45) is 0 Å². The Morgan fingerprint density at radius 2 is 0.567 bits per heavy atom. The van der Waals surface area contributed by atoms with E-state index in [0.29, 0.717) is 0 Å². The molecule has 0 amide bonds. The molecule has 0 aliphatic rings. The molecule has 0 spiro atoms. The molecule has 182 valence electrons. The summed E-state index contributed by atoms with van der Waals surface area (Å²) in [4.78, 5) is 28.8. The van der Waals surface area contributed by atoms with E-state index < -0.39 is 17.9 Å². The highest BCUT2D eigenvalue weighted by molar-refractivity contribution is 5.85. The van der Waals surface area contributed by atoms with Crippen LogP contribution in [0.5, 0.6) is 0 Å². The van der Waals surface area contributed by atoms with Crippen LogP contribution in [0.1, 0.15) is 61.8 Å². The minimum absolute atomic E-state index is 0.176. The molecule has 0 saturated heterocycles. The summed E-state index contributed by atoms with van der Waals surface area (Å²) in [6.45, 7) is 23.8. The van der Waals surface area contributed by atoms with Gasteiger partial charge in [0.15, 0.2) is 0 Å². The van der Waals surface area contributed by atoms with Crippen LogP contribution in [0.3, 0.4) is 0 Å². The average Bonchev–Trinajstić information content (AvgIpc) is 2.58. The Hall–Kier alpha value is -2.49. The lowest BCUT2D eigenvalue weighted by Crippen LogP contribution is -1.92. The number of carbonyl (C=O) groups is 3. The van der Waals surface area contributed by atoms with Crippen molar-refractivity contribution in [1.82, 2.24) is 0 Å². The van der Waals surface area contributed by atoms with Gasteiger partial charge in [-0.2, -0.15) is 0 Å². The van der Waals surface area contributed by atoms with Crippen LogP contribution >= 0.6 is 0 Å². The van der Waals surface area contributed by atoms with Crippen LogP contribution in [0.15, 0.2) is 36.5 Å². The standard InChI is InChI=1S/3C4H6O2.C3H8.3C2H6O/c3*1-3(2)4(5)6;1-3-2;3*1-2-3/h3*1H2,2H3,(H,5,6);3H2,1-2H3;3*3H,2H2,1H3. The summed E-state index contributed by atoms with van der Waals surface area (Å²) in [7, 11) is 0. The number of aliphatic hydroxyl groups excluding tert-OH is 3. The Morgan fingerprint density at radius 3 is 0.567 bits per heavy atom. The third kappa shape index (κ3) is 169. The van der Waals surface area contributed by atoms with E-state index in [2.05, 4.69) is 33.6 Å². The number of hydrogen-bond acceptors (Lipinski definition) is 6. The highest BCUT2D eigenvalue weighted by Gasteiger charge is 1.91. The normalized spacial score (nSPS) is 6.90. The molecular formula is C21H44O9. The van der Waals surface area contributed by atoms with E-state index in [4.69, 9.17) is 30.6 Å². The highest BCUT2D eigenvalue weighted by atomic mass is 16.4. The first-order valence-corrected chi connectivity index (χ1v) is 9.08. The minimum atomic E-state index is -0.935. The third-order valence-corrected chi connectivity index (χ3v) is 1.10. The quantitative estimate of drug-likeness (QED) is 0.360. The van der Waals surface area contributed by atoms with Gasteiger partial charge in [0.2, 0.25) is 0 Å². The predicted molar refractivity (Wildman–Crippen MR) is 122 cm³/mol. The molecule has 6 N–H and O–H groups in total. The number of carboxylic acid groups (broad SMARTS) is 3. The molecule has 0 aliphatic carbocycles. The first kappa shape index (κ1) is 46.0. The second kappa shape index (κ2) is 45.3. The monoisotopic (exact) mass is 440 g/mol. The van der Waals surface area contributed by atoms with E-state index in [1.807, 2.05) is 0 Å². The van der Waals surface area contributed by atoms with E-state index in [-0.39, 0.29) is 36.5 Å². The Kier molecular flexibility index (Phi) is 69.4. The molecule has 0 rings (SSSR count). The lowest BCUT2D eigenvalue weighted by atomic mass is 10.4. The van der Waals surface area contributed by atoms with E-state index in [0.717, 1.165) is 0 Å². The molecule has 0 heterocycles. The molecule has 0 saturated carbocycles. The van der Waals surface area contributed by atoms with Crippen LogP contribution in [0.25, 0.3) is 0 Å². The van der Waals surface area contributed by atoms with Gasteiger partial charge in [-0.05, 0) is 41.5 Å². The van der Waals surface area contributed by atoms with Gasteiger partial charge in [0, 0.05) is 36.5 Å². The van der Waals surface area contributed by atoms with Gasteiger partial charge in [-0.25, -0.2) is 14.4 Å². The van der Waals surface area contributed by atoms with E-state index in [1.165, 1.54) is 27.2 Å². The van der Waals surface area contributed by atoms with Crippen LogP contribution in [0.2, 0.25) is 0 Å². The molecule has 0 atom stereocenters. The zero-order valence-corrected chi connectivity index (χ0v) is 19.9. The largest absolute Gasteiger partial charge is 0.478 e. The minimum Gasteiger partial charge on any atom is -0.478 e. The average molecular weight is 441 g/mol. The van der Waals surface area contributed by atoms with E-state index in [9.17, 15) is 14.4 Å². The molecule has 0 aliphatic heterocycles. The SMILES string of the molecule is C=C(C)C(=O)O.C=C(C)C(=O)O.C=C(C)C(=O)O.CCC.CCO.CCO.CCO. The van der Waals surface area contributed by atoms with Crippen LogP contribution in [0, 0.1) is 0 Å². The van der Waals surface area contributed by atoms with Gasteiger partial charge in [0.05, 0.1) is 0 Å². The fourth-order valence-electron chi connectivity index (χ4n) is 0. The summed E-state index contributed by atoms with van der Waals surface area (Å²) in [5.74, 6) is -2.81. The van der Waals surface area contributed by atoms with Crippen LogP contribution < -0.4 is 0 Å². The summed E-state index contributed by atoms with van der Waals surface area (Å²) < 4.78 is 0. The first-order chi connectivity index (χ1) is 13.6. The van der Waals surface area contributed by atoms with Crippen LogP contribution in [-0.2, 0) is 14.4 Å². The van der Waals surface area contributed by atoms with Crippen molar-refractivity contribution in [3.63, 3.8) is 0 Å². The molecule has 0 fully saturated rings. The molecule has 0 aromatic carbocycles. The topological polar surface area (TPSA) is 173 Å². The Bertz CT molecular complexity index is 327. The summed E-state index contributed by atoms with van der Waals surface area (Å²) in [6.07, 6.45) is 1.25. The van der Waals surface area contributed by atoms with Gasteiger partial charge < -0.3 is 30.6 Å². The molecule has 0 bridgehead atoms. The Morgan fingerprint density at radius 1 is 0.533 bits per heavy atom. The van der Waals surface area contributed by atoms with Gasteiger partial charge >= 0.3 is 17.9 Å². The fraction of sp³-hybridized carbons (Fsp3) is 0.571. The summed E-state index contributed by atoms with van der Waals surface area (Å²) in [5.41, 5.74) is 0.528. The molecule has 9 nitrogen and oxygen atoms in total. The number of aliphatic hydroxyl groups is 3. The van der Waals surface area contributed by atoms with Crippen molar-refractivity contribution < 1.29 is 45.0 Å². The highest BCUT2D eigenvalue weighted by Crippen LogP contribution is 1.82. The van der Waals surface area contributed by atoms with Crippen molar-refractivity contribution in [3.05, 3.63) is 36.5 Å². The molecule has 0 radical (unpaired) electrons. The van der Waals surface area contributed by atoms with Gasteiger partial charge in [-0.3, -0.25) is 0 Å². The molecule has 30 heavy (non-hydrogen) atoms. The third-order valence-electron chi connectivity index (χ3n) is 1.10. The second-order valence-electron chi connectivity index (χ2n) is 4.91. The maximum absolute atomic E-state index is 9.60. The lowest BCUT2D eigenvalue weighted by Gasteiger charge is -1.79. The number of carboxylic acids is 3. The number of rotatable bonds is 3. The van der Waals surface area contributed by atoms with Crippen molar-refractivity contribution in [2.45, 2.75) is 61.8 Å². The molecule has 0 aromatic rings. The molecule has 9 heteroatoms. The zero-order chi connectivity index (χ0) is 26.3. The number of aliphatic carboxylic acids is 3. The smallest absolute Gasteiger partial charge is 0.330 e. The zero-order valence-electron chi connectivity index (χ0n) is 19.9. The predicted octanol–water partition coefficient (Wildman–Crippen LogP) is 3.35. The van der Waals surface area contributed by atoms with Crippen molar-refractivity contribution in [1.29, 1.82) is 0 Å². The van der Waals surface area contributed by atoms with Crippen LogP contribution in [0.4, 0.5) is 0 Å².